The van der Waals surface area contributed by atoms with Gasteiger partial charge in [0.05, 0.1) is 5.60 Å². The summed E-state index contributed by atoms with van der Waals surface area (Å²) >= 11 is 5.92. The van der Waals surface area contributed by atoms with Gasteiger partial charge in [0, 0.05) is 30.3 Å². The van der Waals surface area contributed by atoms with Crippen molar-refractivity contribution >= 4 is 23.4 Å². The fourth-order valence-electron chi connectivity index (χ4n) is 3.92. The van der Waals surface area contributed by atoms with Crippen molar-refractivity contribution in [2.24, 2.45) is 0 Å². The molecule has 0 atom stereocenters. The van der Waals surface area contributed by atoms with Gasteiger partial charge in [-0.1, -0.05) is 16.8 Å². The van der Waals surface area contributed by atoms with Crippen molar-refractivity contribution in [1.82, 2.24) is 5.16 Å². The Bertz CT molecular complexity index is 786. The number of benzene rings is 1. The predicted octanol–water partition coefficient (Wildman–Crippen LogP) is 4.23. The Morgan fingerprint density at radius 3 is 2.50 bits per heavy atom. The highest BCUT2D eigenvalue weighted by Gasteiger charge is 2.39. The number of carboxylic acid groups (broad SMARTS) is 1. The molecule has 2 aliphatic rings. The molecule has 0 aliphatic carbocycles. The number of hydrogen-bond donors (Lipinski definition) is 1. The van der Waals surface area contributed by atoms with Gasteiger partial charge in [-0.05, 0) is 56.4 Å². The molecule has 26 heavy (non-hydrogen) atoms. The first kappa shape index (κ1) is 17.4. The molecule has 0 amide bonds. The molecular weight excluding hydrogens is 356 g/mol. The lowest BCUT2D eigenvalue weighted by Crippen LogP contribution is -2.48. The Morgan fingerprint density at radius 1 is 1.15 bits per heavy atom. The summed E-state index contributed by atoms with van der Waals surface area (Å²) in [6.07, 6.45) is 5.18. The second-order valence-corrected chi connectivity index (χ2v) is 7.43. The van der Waals surface area contributed by atoms with Crippen LogP contribution >= 0.6 is 11.6 Å². The van der Waals surface area contributed by atoms with Crippen LogP contribution in [0.15, 0.2) is 28.8 Å². The lowest BCUT2D eigenvalue weighted by atomic mass is 9.84. The molecule has 0 radical (unpaired) electrons. The number of aromatic carboxylic acids is 1. The van der Waals surface area contributed by atoms with E-state index in [1.807, 2.05) is 4.90 Å². The van der Waals surface area contributed by atoms with Gasteiger partial charge in [0.1, 0.15) is 0 Å². The highest BCUT2D eigenvalue weighted by atomic mass is 35.5. The monoisotopic (exact) mass is 376 g/mol. The maximum atomic E-state index is 11.9. The zero-order valence-electron chi connectivity index (χ0n) is 14.4. The van der Waals surface area contributed by atoms with Crippen molar-refractivity contribution in [3.05, 3.63) is 34.9 Å². The summed E-state index contributed by atoms with van der Waals surface area (Å²) in [7, 11) is 0. The summed E-state index contributed by atoms with van der Waals surface area (Å²) in [5.41, 5.74) is 0.712. The van der Waals surface area contributed by atoms with Gasteiger partial charge in [0.2, 0.25) is 0 Å². The molecule has 6 nitrogen and oxygen atoms in total. The molecule has 2 saturated heterocycles. The van der Waals surface area contributed by atoms with Crippen LogP contribution in [0, 0.1) is 0 Å². The van der Waals surface area contributed by atoms with Crippen molar-refractivity contribution in [1.29, 1.82) is 0 Å². The second-order valence-electron chi connectivity index (χ2n) is 7.00. The number of anilines is 1. The molecule has 138 valence electrons. The first-order chi connectivity index (χ1) is 12.6. The average Bonchev–Trinajstić information content (AvgIpc) is 3.09. The van der Waals surface area contributed by atoms with Crippen LogP contribution < -0.4 is 4.90 Å². The Morgan fingerprint density at radius 2 is 1.88 bits per heavy atom. The second kappa shape index (κ2) is 6.93. The van der Waals surface area contributed by atoms with Crippen LogP contribution in [0.5, 0.6) is 0 Å². The van der Waals surface area contributed by atoms with Crippen LogP contribution in [0.2, 0.25) is 5.02 Å². The molecule has 2 aromatic rings. The molecule has 1 N–H and O–H groups in total. The van der Waals surface area contributed by atoms with Gasteiger partial charge >= 0.3 is 5.97 Å². The smallest absolute Gasteiger partial charge is 0.343 e. The van der Waals surface area contributed by atoms with Gasteiger partial charge in [0.25, 0.3) is 0 Å². The Kier molecular flexibility index (Phi) is 4.63. The number of rotatable bonds is 3. The molecule has 1 aromatic carbocycles. The van der Waals surface area contributed by atoms with E-state index in [2.05, 4.69) is 5.16 Å². The Balaban J connectivity index is 1.59. The van der Waals surface area contributed by atoms with Crippen molar-refractivity contribution < 1.29 is 19.2 Å². The third kappa shape index (κ3) is 3.19. The molecule has 0 saturated carbocycles. The zero-order valence-corrected chi connectivity index (χ0v) is 15.2. The topological polar surface area (TPSA) is 75.8 Å². The minimum absolute atomic E-state index is 0.0408. The molecule has 0 bridgehead atoms. The van der Waals surface area contributed by atoms with Gasteiger partial charge in [-0.2, -0.15) is 0 Å². The molecule has 2 fully saturated rings. The van der Waals surface area contributed by atoms with Gasteiger partial charge in [-0.3, -0.25) is 0 Å². The van der Waals surface area contributed by atoms with E-state index in [-0.39, 0.29) is 16.9 Å². The lowest BCUT2D eigenvalue weighted by Gasteiger charge is -2.44. The molecule has 7 heteroatoms. The normalized spacial score (nSPS) is 19.7. The van der Waals surface area contributed by atoms with Crippen molar-refractivity contribution in [2.45, 2.75) is 37.7 Å². The molecule has 1 spiro atoms. The first-order valence-electron chi connectivity index (χ1n) is 8.96. The van der Waals surface area contributed by atoms with E-state index in [1.54, 1.807) is 24.3 Å². The van der Waals surface area contributed by atoms with Crippen LogP contribution in [0.1, 0.15) is 42.5 Å². The third-order valence-corrected chi connectivity index (χ3v) is 5.66. The van der Waals surface area contributed by atoms with Gasteiger partial charge in [-0.15, -0.1) is 0 Å². The number of carboxylic acids is 1. The number of piperidine rings is 1. The minimum atomic E-state index is -1.04. The van der Waals surface area contributed by atoms with Gasteiger partial charge in [0.15, 0.2) is 17.1 Å². The largest absolute Gasteiger partial charge is 0.477 e. The quantitative estimate of drug-likeness (QED) is 0.863. The highest BCUT2D eigenvalue weighted by Crippen LogP contribution is 2.38. The van der Waals surface area contributed by atoms with Crippen LogP contribution in [0.25, 0.3) is 11.3 Å². The molecule has 1 aromatic heterocycles. The van der Waals surface area contributed by atoms with E-state index >= 15 is 0 Å². The number of nitrogens with zero attached hydrogens (tertiary/aromatic N) is 2. The van der Waals surface area contributed by atoms with Gasteiger partial charge in [-0.25, -0.2) is 4.79 Å². The maximum absolute atomic E-state index is 11.9. The first-order valence-corrected chi connectivity index (χ1v) is 9.34. The van der Waals surface area contributed by atoms with E-state index in [4.69, 9.17) is 20.9 Å². The standard InChI is InChI=1S/C19H21ClN2O4/c20-14-5-3-13(4-6-14)16-15(18(23)24)17(21-26-16)22-10-8-19(9-11-22)7-1-2-12-25-19/h3-6H,1-2,7-12H2,(H,23,24). The van der Waals surface area contributed by atoms with Gasteiger partial charge < -0.3 is 19.3 Å². The summed E-state index contributed by atoms with van der Waals surface area (Å²) in [6, 6.07) is 6.88. The lowest BCUT2D eigenvalue weighted by molar-refractivity contribution is -0.0921. The molecule has 3 heterocycles. The van der Waals surface area contributed by atoms with Crippen LogP contribution in [-0.2, 0) is 4.74 Å². The van der Waals surface area contributed by atoms with Crippen molar-refractivity contribution in [3.8, 4) is 11.3 Å². The fourth-order valence-corrected chi connectivity index (χ4v) is 4.05. The minimum Gasteiger partial charge on any atom is -0.477 e. The van der Waals surface area contributed by atoms with Crippen LogP contribution in [-0.4, -0.2) is 41.5 Å². The third-order valence-electron chi connectivity index (χ3n) is 5.40. The average molecular weight is 377 g/mol. The highest BCUT2D eigenvalue weighted by molar-refractivity contribution is 6.30. The van der Waals surface area contributed by atoms with Crippen molar-refractivity contribution in [3.63, 3.8) is 0 Å². The number of aromatic nitrogens is 1. The van der Waals surface area contributed by atoms with E-state index in [1.165, 1.54) is 6.42 Å². The number of halogens is 1. The molecule has 0 unspecified atom stereocenters. The van der Waals surface area contributed by atoms with E-state index in [9.17, 15) is 9.90 Å². The Hall–Kier alpha value is -2.05. The summed E-state index contributed by atoms with van der Waals surface area (Å²) in [6.45, 7) is 2.25. The maximum Gasteiger partial charge on any atom is 0.343 e. The molecular formula is C19H21ClN2O4. The van der Waals surface area contributed by atoms with E-state index in [0.717, 1.165) is 32.3 Å². The van der Waals surface area contributed by atoms with E-state index < -0.39 is 5.97 Å². The number of carbonyl (C=O) groups is 1. The summed E-state index contributed by atoms with van der Waals surface area (Å²) in [4.78, 5) is 13.9. The predicted molar refractivity (Wildman–Crippen MR) is 97.9 cm³/mol. The summed E-state index contributed by atoms with van der Waals surface area (Å²) < 4.78 is 11.5. The van der Waals surface area contributed by atoms with Crippen LogP contribution in [0.4, 0.5) is 5.82 Å². The molecule has 4 rings (SSSR count). The zero-order chi connectivity index (χ0) is 18.1. The summed E-state index contributed by atoms with van der Waals surface area (Å²) in [5.74, 6) is -0.383. The number of hydrogen-bond acceptors (Lipinski definition) is 5. The number of ether oxygens (including phenoxy) is 1. The Labute approximate surface area is 156 Å². The van der Waals surface area contributed by atoms with E-state index in [0.29, 0.717) is 29.5 Å². The molecule has 2 aliphatic heterocycles. The van der Waals surface area contributed by atoms with Crippen LogP contribution in [0.3, 0.4) is 0 Å². The fraction of sp³-hybridized carbons (Fsp3) is 0.474. The SMILES string of the molecule is O=C(O)c1c(N2CCC3(CCCCO3)CC2)noc1-c1ccc(Cl)cc1. The summed E-state index contributed by atoms with van der Waals surface area (Å²) in [5, 5.41) is 14.4. The van der Waals surface area contributed by atoms with Crippen molar-refractivity contribution in [2.75, 3.05) is 24.6 Å².